The second-order valence-electron chi connectivity index (χ2n) is 7.54. The number of rotatable bonds is 4. The highest BCUT2D eigenvalue weighted by Crippen LogP contribution is 2.22. The van der Waals surface area contributed by atoms with Crippen molar-refractivity contribution in [3.63, 3.8) is 0 Å². The number of pyridine rings is 1. The number of hydrogen-bond acceptors (Lipinski definition) is 6. The molecule has 0 saturated carbocycles. The predicted molar refractivity (Wildman–Crippen MR) is 139 cm³/mol. The van der Waals surface area contributed by atoms with Crippen LogP contribution in [0.1, 0.15) is 46.3 Å². The number of carbonyl (C=O) groups is 2. The Labute approximate surface area is 220 Å². The van der Waals surface area contributed by atoms with Crippen molar-refractivity contribution in [3.05, 3.63) is 82.8 Å². The van der Waals surface area contributed by atoms with Crippen LogP contribution in [0.5, 0.6) is 0 Å². The van der Waals surface area contributed by atoms with Crippen LogP contribution in [0.15, 0.2) is 53.8 Å². The molecule has 0 fully saturated rings. The summed E-state index contributed by atoms with van der Waals surface area (Å²) in [7, 11) is 2.67. The number of methoxy groups -OCH3 is 2. The minimum Gasteiger partial charge on any atom is -0.464 e. The van der Waals surface area contributed by atoms with Gasteiger partial charge >= 0.3 is 18.9 Å². The maximum Gasteiger partial charge on any atom is 0.504 e. The Bertz CT molecular complexity index is 1410. The summed E-state index contributed by atoms with van der Waals surface area (Å²) < 4.78 is 46.8. The fraction of sp³-hybridized carbons (Fsp3) is 0.167. The lowest BCUT2D eigenvalue weighted by Gasteiger charge is -2.11. The van der Waals surface area contributed by atoms with Crippen molar-refractivity contribution in [1.29, 1.82) is 0 Å². The lowest BCUT2D eigenvalue weighted by Crippen LogP contribution is -2.15. The van der Waals surface area contributed by atoms with Gasteiger partial charge in [-0.1, -0.05) is 19.6 Å². The van der Waals surface area contributed by atoms with E-state index in [9.17, 15) is 22.5 Å². The zero-order chi connectivity index (χ0) is 27.9. The smallest absolute Gasteiger partial charge is 0.464 e. The van der Waals surface area contributed by atoms with Gasteiger partial charge in [0.05, 0.1) is 19.7 Å². The largest absolute Gasteiger partial charge is 0.504 e. The van der Waals surface area contributed by atoms with E-state index in [4.69, 9.17) is 4.74 Å². The lowest BCUT2D eigenvalue weighted by molar-refractivity contribution is 0.0586. The number of imidazole rings is 2. The number of halogens is 4. The first kappa shape index (κ1) is 29.3. The highest BCUT2D eigenvalue weighted by atomic mass is 79.9. The van der Waals surface area contributed by atoms with E-state index >= 15 is 0 Å². The number of allylic oxidation sites excluding steroid dienone is 4. The van der Waals surface area contributed by atoms with E-state index in [-0.39, 0.29) is 0 Å². The number of aromatic nitrogens is 4. The summed E-state index contributed by atoms with van der Waals surface area (Å²) >= 11 is 3.24. The van der Waals surface area contributed by atoms with Crippen LogP contribution in [-0.2, 0) is 9.47 Å². The summed E-state index contributed by atoms with van der Waals surface area (Å²) in [6.45, 7) is 4.63. The molecule has 3 aromatic heterocycles. The molecule has 0 aliphatic carbocycles. The van der Waals surface area contributed by atoms with Crippen LogP contribution in [-0.4, -0.2) is 52.1 Å². The van der Waals surface area contributed by atoms with Gasteiger partial charge in [0.1, 0.15) is 18.0 Å². The molecular weight excluding hydrogens is 556 g/mol. The SMILES string of the molecule is C=C(C)[B-](F)(F)F.C=C(C)c1nc(C(=O)OC)c2ccccn12.COC(=O)c1nc(Br)n2c1C=C[C+]=C2. The van der Waals surface area contributed by atoms with E-state index in [0.29, 0.717) is 27.6 Å². The molecule has 0 bridgehead atoms. The summed E-state index contributed by atoms with van der Waals surface area (Å²) in [5.74, 6) is -0.202. The molecule has 37 heavy (non-hydrogen) atoms. The van der Waals surface area contributed by atoms with Crippen molar-refractivity contribution in [2.45, 2.75) is 13.8 Å². The van der Waals surface area contributed by atoms with Gasteiger partial charge in [-0.3, -0.25) is 4.40 Å². The van der Waals surface area contributed by atoms with Gasteiger partial charge in [-0.2, -0.15) is 0 Å². The molecule has 3 aromatic rings. The third kappa shape index (κ3) is 7.05. The number of fused-ring (bicyclic) bond motifs is 2. The summed E-state index contributed by atoms with van der Waals surface area (Å²) in [6.07, 6.45) is 9.90. The van der Waals surface area contributed by atoms with Crippen LogP contribution >= 0.6 is 15.9 Å². The molecular formula is C24H23BBrF3N4O4. The number of esters is 2. The molecule has 0 atom stereocenters. The lowest BCUT2D eigenvalue weighted by atomic mass is 9.82. The summed E-state index contributed by atoms with van der Waals surface area (Å²) in [5.41, 5.74) is 2.15. The van der Waals surface area contributed by atoms with E-state index in [1.54, 1.807) is 22.9 Å². The van der Waals surface area contributed by atoms with Gasteiger partial charge < -0.3 is 22.4 Å². The highest BCUT2D eigenvalue weighted by molar-refractivity contribution is 9.10. The average Bonchev–Trinajstić information content (AvgIpc) is 3.42. The van der Waals surface area contributed by atoms with E-state index in [0.717, 1.165) is 18.0 Å². The molecule has 0 amide bonds. The average molecular weight is 579 g/mol. The Morgan fingerprint density at radius 1 is 1.05 bits per heavy atom. The maximum absolute atomic E-state index is 11.5. The molecule has 4 heterocycles. The fourth-order valence-electron chi connectivity index (χ4n) is 2.78. The zero-order valence-corrected chi connectivity index (χ0v) is 22.1. The number of nitrogens with zero attached hydrogens (tertiary/aromatic N) is 4. The van der Waals surface area contributed by atoms with Gasteiger partial charge in [0.15, 0.2) is 34.1 Å². The first-order valence-electron chi connectivity index (χ1n) is 10.5. The summed E-state index contributed by atoms with van der Waals surface area (Å²) in [5, 5.41) is 0. The van der Waals surface area contributed by atoms with E-state index in [2.05, 4.69) is 49.9 Å². The highest BCUT2D eigenvalue weighted by Gasteiger charge is 2.24. The molecule has 4 rings (SSSR count). The van der Waals surface area contributed by atoms with Crippen molar-refractivity contribution in [1.82, 2.24) is 18.9 Å². The number of carbonyl (C=O) groups excluding carboxylic acids is 2. The first-order valence-corrected chi connectivity index (χ1v) is 11.3. The minimum absolute atomic E-state index is 0.299. The molecule has 0 N–H and O–H groups in total. The molecule has 1 aliphatic rings. The van der Waals surface area contributed by atoms with Crippen LogP contribution in [0.2, 0.25) is 0 Å². The van der Waals surface area contributed by atoms with Gasteiger partial charge in [-0.15, -0.1) is 12.1 Å². The van der Waals surface area contributed by atoms with Gasteiger partial charge in [-0.05, 0) is 40.6 Å². The molecule has 0 aromatic carbocycles. The van der Waals surface area contributed by atoms with Crippen LogP contribution in [0, 0.1) is 6.08 Å². The Morgan fingerprint density at radius 2 is 1.65 bits per heavy atom. The van der Waals surface area contributed by atoms with E-state index < -0.39 is 24.4 Å². The third-order valence-electron chi connectivity index (χ3n) is 4.69. The van der Waals surface area contributed by atoms with Gasteiger partial charge in [0.2, 0.25) is 0 Å². The Kier molecular flexibility index (Phi) is 9.76. The van der Waals surface area contributed by atoms with Crippen molar-refractivity contribution < 1.29 is 32.0 Å². The summed E-state index contributed by atoms with van der Waals surface area (Å²) in [4.78, 5) is 31.1. The Morgan fingerprint density at radius 3 is 2.19 bits per heavy atom. The van der Waals surface area contributed by atoms with E-state index in [1.807, 2.05) is 35.7 Å². The molecule has 13 heteroatoms. The first-order chi connectivity index (χ1) is 17.3. The van der Waals surface area contributed by atoms with Gasteiger partial charge in [0.25, 0.3) is 0 Å². The molecule has 1 aliphatic heterocycles. The normalized spacial score (nSPS) is 11.2. The standard InChI is InChI=1S/C12H12N2O2.C9H6BrN2O2.C3H5BF3/c1-8(2)11-13-10(12(15)16-3)9-6-4-5-7-14(9)11;1-14-8(13)7-6-4-2-3-5-12(6)9(10)11-7;1-3(2)4(5,6)7/h4-7H,1H2,2-3H3;2,4-5H,1H3;1H2,2H3/q;+1;-1. The van der Waals surface area contributed by atoms with Crippen LogP contribution in [0.4, 0.5) is 12.9 Å². The molecule has 0 radical (unpaired) electrons. The fourth-order valence-corrected chi connectivity index (χ4v) is 3.25. The molecule has 8 nitrogen and oxygen atoms in total. The van der Waals surface area contributed by atoms with E-state index in [1.165, 1.54) is 14.2 Å². The van der Waals surface area contributed by atoms with Gasteiger partial charge in [-0.25, -0.2) is 24.1 Å². The zero-order valence-electron chi connectivity index (χ0n) is 20.5. The Hall–Kier alpha value is -3.96. The quantitative estimate of drug-likeness (QED) is 0.220. The maximum atomic E-state index is 11.5. The molecule has 0 saturated heterocycles. The van der Waals surface area contributed by atoms with Crippen LogP contribution < -0.4 is 0 Å². The van der Waals surface area contributed by atoms with Crippen LogP contribution in [0.25, 0.3) is 23.4 Å². The molecule has 0 spiro atoms. The predicted octanol–water partition coefficient (Wildman–Crippen LogP) is 5.84. The topological polar surface area (TPSA) is 87.7 Å². The number of ether oxygens (including phenoxy) is 2. The second kappa shape index (κ2) is 12.3. The van der Waals surface area contributed by atoms with Crippen molar-refractivity contribution >= 4 is 58.2 Å². The van der Waals surface area contributed by atoms with Gasteiger partial charge in [0, 0.05) is 6.20 Å². The number of hydrogen-bond donors (Lipinski definition) is 0. The van der Waals surface area contributed by atoms with Crippen molar-refractivity contribution in [2.24, 2.45) is 0 Å². The van der Waals surface area contributed by atoms with Crippen molar-refractivity contribution in [3.8, 4) is 0 Å². The molecule has 194 valence electrons. The van der Waals surface area contributed by atoms with Crippen molar-refractivity contribution in [2.75, 3.05) is 14.2 Å². The Balaban J connectivity index is 0.000000210. The monoisotopic (exact) mass is 578 g/mol. The summed E-state index contributed by atoms with van der Waals surface area (Å²) in [6, 6.07) is 5.56. The second-order valence-corrected chi connectivity index (χ2v) is 8.25. The molecule has 0 unspecified atom stereocenters. The van der Waals surface area contributed by atoms with Crippen LogP contribution in [0.3, 0.4) is 0 Å². The third-order valence-corrected chi connectivity index (χ3v) is 5.25. The minimum atomic E-state index is -4.75.